The summed E-state index contributed by atoms with van der Waals surface area (Å²) < 4.78 is 1.67. The van der Waals surface area contributed by atoms with Gasteiger partial charge in [-0.3, -0.25) is 9.48 Å². The van der Waals surface area contributed by atoms with Crippen LogP contribution in [0.3, 0.4) is 0 Å². The highest BCUT2D eigenvalue weighted by molar-refractivity contribution is 5.76. The lowest BCUT2D eigenvalue weighted by Gasteiger charge is -2.30. The molecule has 1 aromatic rings. The number of carbonyl (C=O) groups is 2. The van der Waals surface area contributed by atoms with E-state index in [0.29, 0.717) is 19.5 Å². The Morgan fingerprint density at radius 3 is 3.00 bits per heavy atom. The predicted octanol–water partition coefficient (Wildman–Crippen LogP) is 0.426. The Hall–Kier alpha value is -2.05. The molecule has 1 aliphatic rings. The smallest absolute Gasteiger partial charge is 0.317 e. The monoisotopic (exact) mass is 266 g/mol. The normalized spacial score (nSPS) is 19.2. The van der Waals surface area contributed by atoms with Gasteiger partial charge in [-0.15, -0.1) is 0 Å². The highest BCUT2D eigenvalue weighted by Crippen LogP contribution is 2.16. The van der Waals surface area contributed by atoms with Crippen LogP contribution in [0, 0.1) is 5.92 Å². The molecule has 2 amide bonds. The van der Waals surface area contributed by atoms with Gasteiger partial charge in [0.25, 0.3) is 0 Å². The van der Waals surface area contributed by atoms with E-state index in [2.05, 4.69) is 10.4 Å². The number of aryl methyl sites for hydroxylation is 1. The maximum absolute atomic E-state index is 11.9. The quantitative estimate of drug-likeness (QED) is 0.830. The topological polar surface area (TPSA) is 87.5 Å². The fraction of sp³-hybridized carbons (Fsp3) is 0.583. The highest BCUT2D eigenvalue weighted by Gasteiger charge is 2.27. The standard InChI is InChI=1S/C12H18N4O3/c1-15-7-9(6-14-15)5-13-12(19)16-4-2-3-10(8-16)11(17)18/h6-7,10H,2-5,8H2,1H3,(H,13,19)(H,17,18)/t10-/m0/s1. The van der Waals surface area contributed by atoms with Gasteiger partial charge in [0.2, 0.25) is 0 Å². The fourth-order valence-corrected chi connectivity index (χ4v) is 2.22. The molecule has 1 aromatic heterocycles. The minimum Gasteiger partial charge on any atom is -0.481 e. The molecule has 0 aromatic carbocycles. The molecule has 1 aliphatic heterocycles. The number of likely N-dealkylation sites (tertiary alicyclic amines) is 1. The second-order valence-electron chi connectivity index (χ2n) is 4.80. The molecule has 2 rings (SSSR count). The van der Waals surface area contributed by atoms with Crippen LogP contribution in [0.2, 0.25) is 0 Å². The van der Waals surface area contributed by atoms with Crippen molar-refractivity contribution in [3.05, 3.63) is 18.0 Å². The molecule has 1 fully saturated rings. The van der Waals surface area contributed by atoms with Gasteiger partial charge in [-0.05, 0) is 12.8 Å². The molecule has 19 heavy (non-hydrogen) atoms. The van der Waals surface area contributed by atoms with Gasteiger partial charge in [0, 0.05) is 38.4 Å². The lowest BCUT2D eigenvalue weighted by molar-refractivity contribution is -0.143. The van der Waals surface area contributed by atoms with Gasteiger partial charge >= 0.3 is 12.0 Å². The zero-order valence-corrected chi connectivity index (χ0v) is 10.9. The first-order valence-electron chi connectivity index (χ1n) is 6.29. The minimum atomic E-state index is -0.829. The lowest BCUT2D eigenvalue weighted by atomic mass is 9.99. The molecule has 7 nitrogen and oxygen atoms in total. The second-order valence-corrected chi connectivity index (χ2v) is 4.80. The molecule has 0 spiro atoms. The maximum atomic E-state index is 11.9. The number of amides is 2. The van der Waals surface area contributed by atoms with Gasteiger partial charge in [0.1, 0.15) is 0 Å². The van der Waals surface area contributed by atoms with E-state index >= 15 is 0 Å². The summed E-state index contributed by atoms with van der Waals surface area (Å²) in [5.74, 6) is -1.28. The number of carboxylic acid groups (broad SMARTS) is 1. The lowest BCUT2D eigenvalue weighted by Crippen LogP contribution is -2.46. The van der Waals surface area contributed by atoms with Crippen LogP contribution in [0.25, 0.3) is 0 Å². The summed E-state index contributed by atoms with van der Waals surface area (Å²) in [5.41, 5.74) is 0.919. The summed E-state index contributed by atoms with van der Waals surface area (Å²) in [6.07, 6.45) is 4.89. The van der Waals surface area contributed by atoms with Crippen LogP contribution in [0.4, 0.5) is 4.79 Å². The number of piperidine rings is 1. The number of nitrogens with zero attached hydrogens (tertiary/aromatic N) is 3. The SMILES string of the molecule is Cn1cc(CNC(=O)N2CCC[C@H](C(=O)O)C2)cn1. The highest BCUT2D eigenvalue weighted by atomic mass is 16.4. The summed E-state index contributed by atoms with van der Waals surface area (Å²) in [4.78, 5) is 24.4. The van der Waals surface area contributed by atoms with Gasteiger partial charge < -0.3 is 15.3 Å². The zero-order chi connectivity index (χ0) is 13.8. The van der Waals surface area contributed by atoms with Crippen molar-refractivity contribution in [2.75, 3.05) is 13.1 Å². The molecule has 104 valence electrons. The second kappa shape index (κ2) is 5.73. The third kappa shape index (κ3) is 3.46. The Kier molecular flexibility index (Phi) is 4.03. The first kappa shape index (κ1) is 13.4. The Morgan fingerprint density at radius 1 is 1.58 bits per heavy atom. The molecule has 0 aliphatic carbocycles. The predicted molar refractivity (Wildman–Crippen MR) is 67.4 cm³/mol. The van der Waals surface area contributed by atoms with Crippen LogP contribution < -0.4 is 5.32 Å². The summed E-state index contributed by atoms with van der Waals surface area (Å²) in [6.45, 7) is 1.30. The largest absolute Gasteiger partial charge is 0.481 e. The molecule has 2 heterocycles. The first-order chi connectivity index (χ1) is 9.06. The molecule has 1 saturated heterocycles. The van der Waals surface area contributed by atoms with Crippen molar-refractivity contribution >= 4 is 12.0 Å². The van der Waals surface area contributed by atoms with E-state index in [4.69, 9.17) is 5.11 Å². The van der Waals surface area contributed by atoms with Gasteiger partial charge in [0.05, 0.1) is 12.1 Å². The number of nitrogens with one attached hydrogen (secondary N) is 1. The van der Waals surface area contributed by atoms with E-state index in [9.17, 15) is 9.59 Å². The molecule has 2 N–H and O–H groups in total. The van der Waals surface area contributed by atoms with Crippen LogP contribution in [0.1, 0.15) is 18.4 Å². The van der Waals surface area contributed by atoms with Crippen LogP contribution >= 0.6 is 0 Å². The molecule has 7 heteroatoms. The van der Waals surface area contributed by atoms with E-state index in [1.807, 2.05) is 13.2 Å². The number of aromatic nitrogens is 2. The third-order valence-corrected chi connectivity index (χ3v) is 3.26. The van der Waals surface area contributed by atoms with E-state index in [-0.39, 0.29) is 12.6 Å². The maximum Gasteiger partial charge on any atom is 0.317 e. The van der Waals surface area contributed by atoms with Gasteiger partial charge in [-0.1, -0.05) is 0 Å². The molecule has 0 radical (unpaired) electrons. The van der Waals surface area contributed by atoms with Crippen molar-refractivity contribution in [1.82, 2.24) is 20.0 Å². The average Bonchev–Trinajstić information content (AvgIpc) is 2.82. The fourth-order valence-electron chi connectivity index (χ4n) is 2.22. The molecular formula is C12H18N4O3. The summed E-state index contributed by atoms with van der Waals surface area (Å²) in [7, 11) is 1.81. The summed E-state index contributed by atoms with van der Waals surface area (Å²) >= 11 is 0. The number of rotatable bonds is 3. The van der Waals surface area contributed by atoms with Crippen LogP contribution in [-0.4, -0.2) is 44.9 Å². The number of aliphatic carboxylic acids is 1. The number of hydrogen-bond donors (Lipinski definition) is 2. The Balaban J connectivity index is 1.84. The number of carboxylic acids is 1. The molecule has 0 unspecified atom stereocenters. The van der Waals surface area contributed by atoms with Crippen LogP contribution in [0.15, 0.2) is 12.4 Å². The first-order valence-corrected chi connectivity index (χ1v) is 6.29. The van der Waals surface area contributed by atoms with E-state index in [1.54, 1.807) is 15.8 Å². The molecular weight excluding hydrogens is 248 g/mol. The molecule has 1 atom stereocenters. The molecule has 0 saturated carbocycles. The Bertz CT molecular complexity index is 471. The van der Waals surface area contributed by atoms with Crippen LogP contribution in [-0.2, 0) is 18.4 Å². The van der Waals surface area contributed by atoms with Gasteiger partial charge in [-0.2, -0.15) is 5.10 Å². The van der Waals surface area contributed by atoms with Gasteiger partial charge in [0.15, 0.2) is 0 Å². The number of carbonyl (C=O) groups excluding carboxylic acids is 1. The van der Waals surface area contributed by atoms with E-state index in [0.717, 1.165) is 12.0 Å². The van der Waals surface area contributed by atoms with Crippen molar-refractivity contribution < 1.29 is 14.7 Å². The van der Waals surface area contributed by atoms with Crippen molar-refractivity contribution in [2.45, 2.75) is 19.4 Å². The molecule has 0 bridgehead atoms. The number of urea groups is 1. The van der Waals surface area contributed by atoms with E-state index < -0.39 is 11.9 Å². The van der Waals surface area contributed by atoms with Crippen LogP contribution in [0.5, 0.6) is 0 Å². The van der Waals surface area contributed by atoms with Crippen molar-refractivity contribution in [2.24, 2.45) is 13.0 Å². The van der Waals surface area contributed by atoms with Crippen molar-refractivity contribution in [3.8, 4) is 0 Å². The Morgan fingerprint density at radius 2 is 2.37 bits per heavy atom. The minimum absolute atomic E-state index is 0.213. The van der Waals surface area contributed by atoms with Crippen molar-refractivity contribution in [1.29, 1.82) is 0 Å². The zero-order valence-electron chi connectivity index (χ0n) is 10.9. The number of hydrogen-bond acceptors (Lipinski definition) is 3. The summed E-state index contributed by atoms with van der Waals surface area (Å²) in [5, 5.41) is 15.8. The summed E-state index contributed by atoms with van der Waals surface area (Å²) in [6, 6.07) is -0.213. The van der Waals surface area contributed by atoms with Gasteiger partial charge in [-0.25, -0.2) is 4.79 Å². The third-order valence-electron chi connectivity index (χ3n) is 3.26. The Labute approximate surface area is 111 Å². The van der Waals surface area contributed by atoms with Crippen molar-refractivity contribution in [3.63, 3.8) is 0 Å². The average molecular weight is 266 g/mol. The van der Waals surface area contributed by atoms with E-state index in [1.165, 1.54) is 0 Å².